The van der Waals surface area contributed by atoms with Crippen molar-refractivity contribution in [2.45, 2.75) is 38.1 Å². The van der Waals surface area contributed by atoms with E-state index in [0.717, 1.165) is 49.7 Å². The van der Waals surface area contributed by atoms with E-state index in [1.54, 1.807) is 12.4 Å². The Morgan fingerprint density at radius 1 is 1.00 bits per heavy atom. The Kier molecular flexibility index (Phi) is 5.95. The summed E-state index contributed by atoms with van der Waals surface area (Å²) in [6.07, 6.45) is 9.09. The summed E-state index contributed by atoms with van der Waals surface area (Å²) in [4.78, 5) is 25.8. The van der Waals surface area contributed by atoms with Crippen LogP contribution in [0.3, 0.4) is 0 Å². The zero-order valence-electron chi connectivity index (χ0n) is 16.0. The first kappa shape index (κ1) is 19.0. The molecule has 1 saturated heterocycles. The number of carbonyl (C=O) groups is 1. The number of benzene rings is 1. The lowest BCUT2D eigenvalue weighted by Crippen LogP contribution is -2.47. The molecule has 0 unspecified atom stereocenters. The number of nitrogens with one attached hydrogen (secondary N) is 1. The fourth-order valence-electron chi connectivity index (χ4n) is 3.95. The third kappa shape index (κ3) is 4.55. The Bertz CT molecular complexity index is 799. The number of halogens is 1. The zero-order valence-corrected chi connectivity index (χ0v) is 16.7. The van der Waals surface area contributed by atoms with E-state index in [9.17, 15) is 4.79 Å². The summed E-state index contributed by atoms with van der Waals surface area (Å²) in [6.45, 7) is 3.43. The van der Waals surface area contributed by atoms with Gasteiger partial charge in [0.1, 0.15) is 0 Å². The highest BCUT2D eigenvalue weighted by molar-refractivity contribution is 6.30. The van der Waals surface area contributed by atoms with Crippen LogP contribution in [-0.2, 0) is 0 Å². The van der Waals surface area contributed by atoms with Crippen molar-refractivity contribution in [1.82, 2.24) is 15.3 Å². The summed E-state index contributed by atoms with van der Waals surface area (Å²) in [6, 6.07) is 8.23. The Labute approximate surface area is 170 Å². The van der Waals surface area contributed by atoms with E-state index in [1.165, 1.54) is 19.3 Å². The van der Waals surface area contributed by atoms with Crippen LogP contribution in [0.2, 0.25) is 5.02 Å². The topological polar surface area (TPSA) is 61.4 Å². The van der Waals surface area contributed by atoms with Gasteiger partial charge in [-0.05, 0) is 31.0 Å². The molecule has 1 aliphatic carbocycles. The number of amides is 1. The van der Waals surface area contributed by atoms with Gasteiger partial charge in [-0.25, -0.2) is 9.97 Å². The molecule has 0 atom stereocenters. The largest absolute Gasteiger partial charge is 0.368 e. The highest BCUT2D eigenvalue weighted by Gasteiger charge is 2.21. The first-order chi connectivity index (χ1) is 13.7. The molecule has 1 aromatic heterocycles. The van der Waals surface area contributed by atoms with Gasteiger partial charge in [-0.2, -0.15) is 0 Å². The van der Waals surface area contributed by atoms with Crippen molar-refractivity contribution in [2.24, 2.45) is 0 Å². The van der Waals surface area contributed by atoms with E-state index in [1.807, 2.05) is 18.2 Å². The number of hydrogen-bond donors (Lipinski definition) is 1. The lowest BCUT2D eigenvalue weighted by atomic mass is 9.95. The number of piperazine rings is 1. The highest BCUT2D eigenvalue weighted by atomic mass is 35.5. The molecule has 0 bridgehead atoms. The molecule has 4 rings (SSSR count). The van der Waals surface area contributed by atoms with E-state index in [2.05, 4.69) is 31.2 Å². The molecule has 2 fully saturated rings. The minimum absolute atomic E-state index is 0.0655. The van der Waals surface area contributed by atoms with Crippen molar-refractivity contribution in [2.75, 3.05) is 36.0 Å². The molecule has 6 nitrogen and oxygen atoms in total. The standard InChI is InChI=1S/C21H26ClN5O/c22-17-5-4-8-19(13-17)26-9-11-27(12-10-26)21-23-14-16(15-24-21)20(28)25-18-6-2-1-3-7-18/h4-5,8,13-15,18H,1-3,6-7,9-12H2,(H,25,28). The van der Waals surface area contributed by atoms with Crippen molar-refractivity contribution in [3.8, 4) is 0 Å². The number of anilines is 2. The van der Waals surface area contributed by atoms with Crippen molar-refractivity contribution >= 4 is 29.1 Å². The molecule has 2 aromatic rings. The molecule has 2 aliphatic rings. The van der Waals surface area contributed by atoms with Gasteiger partial charge in [-0.3, -0.25) is 4.79 Å². The van der Waals surface area contributed by atoms with Crippen LogP contribution in [0.4, 0.5) is 11.6 Å². The molecule has 2 heterocycles. The number of aromatic nitrogens is 2. The second-order valence-electron chi connectivity index (χ2n) is 7.53. The summed E-state index contributed by atoms with van der Waals surface area (Å²) in [5.41, 5.74) is 1.68. The van der Waals surface area contributed by atoms with Gasteiger partial charge in [0.25, 0.3) is 5.91 Å². The summed E-state index contributed by atoms with van der Waals surface area (Å²) < 4.78 is 0. The molecule has 0 spiro atoms. The molecule has 1 aliphatic heterocycles. The molecule has 0 radical (unpaired) electrons. The summed E-state index contributed by atoms with van der Waals surface area (Å²) >= 11 is 6.10. The number of nitrogens with zero attached hydrogens (tertiary/aromatic N) is 4. The number of carbonyl (C=O) groups excluding carboxylic acids is 1. The maximum absolute atomic E-state index is 12.4. The summed E-state index contributed by atoms with van der Waals surface area (Å²) in [5, 5.41) is 3.87. The van der Waals surface area contributed by atoms with Gasteiger partial charge >= 0.3 is 0 Å². The molecule has 7 heteroatoms. The van der Waals surface area contributed by atoms with E-state index < -0.39 is 0 Å². The van der Waals surface area contributed by atoms with Crippen LogP contribution in [0, 0.1) is 0 Å². The average molecular weight is 400 g/mol. The third-order valence-corrected chi connectivity index (χ3v) is 5.81. The van der Waals surface area contributed by atoms with Gasteiger partial charge < -0.3 is 15.1 Å². The summed E-state index contributed by atoms with van der Waals surface area (Å²) in [5.74, 6) is 0.615. The Morgan fingerprint density at radius 2 is 1.68 bits per heavy atom. The van der Waals surface area contributed by atoms with Crippen LogP contribution < -0.4 is 15.1 Å². The lowest BCUT2D eigenvalue weighted by Gasteiger charge is -2.36. The third-order valence-electron chi connectivity index (χ3n) is 5.58. The van der Waals surface area contributed by atoms with Crippen LogP contribution in [0.15, 0.2) is 36.7 Å². The highest BCUT2D eigenvalue weighted by Crippen LogP contribution is 2.22. The van der Waals surface area contributed by atoms with Gasteiger partial charge in [-0.15, -0.1) is 0 Å². The van der Waals surface area contributed by atoms with Crippen molar-refractivity contribution < 1.29 is 4.79 Å². The minimum atomic E-state index is -0.0655. The van der Waals surface area contributed by atoms with Gasteiger partial charge in [-0.1, -0.05) is 36.9 Å². The SMILES string of the molecule is O=C(NC1CCCCC1)c1cnc(N2CCN(c3cccc(Cl)c3)CC2)nc1. The second-order valence-corrected chi connectivity index (χ2v) is 7.97. The van der Waals surface area contributed by atoms with Gasteiger partial charge in [0.05, 0.1) is 5.56 Å². The first-order valence-electron chi connectivity index (χ1n) is 10.1. The van der Waals surface area contributed by atoms with Crippen LogP contribution in [0.5, 0.6) is 0 Å². The van der Waals surface area contributed by atoms with E-state index in [4.69, 9.17) is 11.6 Å². The zero-order chi connectivity index (χ0) is 19.3. The van der Waals surface area contributed by atoms with Crippen molar-refractivity contribution in [3.63, 3.8) is 0 Å². The molecule has 28 heavy (non-hydrogen) atoms. The minimum Gasteiger partial charge on any atom is -0.368 e. The average Bonchev–Trinajstić information content (AvgIpc) is 2.75. The second kappa shape index (κ2) is 8.78. The Morgan fingerprint density at radius 3 is 2.36 bits per heavy atom. The molecule has 1 amide bonds. The predicted molar refractivity (Wildman–Crippen MR) is 112 cm³/mol. The molecule has 1 N–H and O–H groups in total. The maximum Gasteiger partial charge on any atom is 0.254 e. The van der Waals surface area contributed by atoms with Gasteiger partial charge in [0.2, 0.25) is 5.95 Å². The van der Waals surface area contributed by atoms with Gasteiger partial charge in [0.15, 0.2) is 0 Å². The van der Waals surface area contributed by atoms with Crippen molar-refractivity contribution in [1.29, 1.82) is 0 Å². The molecule has 148 valence electrons. The molecular weight excluding hydrogens is 374 g/mol. The predicted octanol–water partition coefficient (Wildman–Crippen LogP) is 3.52. The smallest absolute Gasteiger partial charge is 0.254 e. The lowest BCUT2D eigenvalue weighted by molar-refractivity contribution is 0.0927. The fourth-order valence-corrected chi connectivity index (χ4v) is 4.14. The number of hydrogen-bond acceptors (Lipinski definition) is 5. The molecular formula is C21H26ClN5O. The molecule has 1 saturated carbocycles. The Balaban J connectivity index is 1.32. The van der Waals surface area contributed by atoms with Crippen molar-refractivity contribution in [3.05, 3.63) is 47.2 Å². The monoisotopic (exact) mass is 399 g/mol. The number of rotatable bonds is 4. The van der Waals surface area contributed by atoms with E-state index in [-0.39, 0.29) is 5.91 Å². The van der Waals surface area contributed by atoms with Crippen LogP contribution >= 0.6 is 11.6 Å². The first-order valence-corrected chi connectivity index (χ1v) is 10.5. The van der Waals surface area contributed by atoms with Gasteiger partial charge in [0, 0.05) is 55.3 Å². The van der Waals surface area contributed by atoms with E-state index >= 15 is 0 Å². The van der Waals surface area contributed by atoms with Crippen LogP contribution in [-0.4, -0.2) is 48.1 Å². The Hall–Kier alpha value is -2.34. The fraction of sp³-hybridized carbons (Fsp3) is 0.476. The normalized spacial score (nSPS) is 18.2. The summed E-state index contributed by atoms with van der Waals surface area (Å²) in [7, 11) is 0. The maximum atomic E-state index is 12.4. The van der Waals surface area contributed by atoms with Crippen LogP contribution in [0.25, 0.3) is 0 Å². The van der Waals surface area contributed by atoms with E-state index in [0.29, 0.717) is 17.6 Å². The molecule has 1 aromatic carbocycles. The van der Waals surface area contributed by atoms with Crippen LogP contribution in [0.1, 0.15) is 42.5 Å². The quantitative estimate of drug-likeness (QED) is 0.852.